The molecule has 2 fully saturated rings. The standard InChI is InChI=1S/C23H29N5O6S/c1-32-18-7-8-20(33-2)21(13-18)35(30,31)27-11-9-26(10-12-27)14-19-15-28(23(29)34-19)17-5-3-16(4-6-17)22(24)25/h3-8,13,19H,9-12,14-15H2,1-2H3,(H3,24,25). The first-order valence-electron chi connectivity index (χ1n) is 11.1. The number of hydrogen-bond acceptors (Lipinski definition) is 8. The van der Waals surface area contributed by atoms with Crippen molar-refractivity contribution in [3.8, 4) is 11.5 Å². The van der Waals surface area contributed by atoms with Gasteiger partial charge in [0.15, 0.2) is 0 Å². The Bertz CT molecular complexity index is 1200. The summed E-state index contributed by atoms with van der Waals surface area (Å²) in [4.78, 5) is 16.1. The van der Waals surface area contributed by atoms with Gasteiger partial charge in [-0.05, 0) is 36.4 Å². The largest absolute Gasteiger partial charge is 0.497 e. The average molecular weight is 504 g/mol. The molecular formula is C23H29N5O6S. The fraction of sp³-hybridized carbons (Fsp3) is 0.391. The van der Waals surface area contributed by atoms with E-state index in [2.05, 4.69) is 4.90 Å². The SMILES string of the molecule is COc1ccc(OC)c(S(=O)(=O)N2CCN(CC3CN(c4ccc(C(=N)N)cc4)C(=O)O3)CC2)c1. The number of benzene rings is 2. The molecule has 0 bridgehead atoms. The zero-order valence-electron chi connectivity index (χ0n) is 19.6. The Morgan fingerprint density at radius 3 is 2.37 bits per heavy atom. The monoisotopic (exact) mass is 503 g/mol. The third kappa shape index (κ3) is 5.19. The Morgan fingerprint density at radius 2 is 1.77 bits per heavy atom. The number of cyclic esters (lactones) is 1. The molecule has 4 rings (SSSR count). The van der Waals surface area contributed by atoms with Crippen LogP contribution >= 0.6 is 0 Å². The summed E-state index contributed by atoms with van der Waals surface area (Å²) in [5, 5.41) is 7.48. The molecule has 11 nitrogen and oxygen atoms in total. The molecule has 2 saturated heterocycles. The van der Waals surface area contributed by atoms with Gasteiger partial charge in [-0.15, -0.1) is 0 Å². The molecule has 1 atom stereocenters. The van der Waals surface area contributed by atoms with E-state index in [4.69, 9.17) is 25.4 Å². The lowest BCUT2D eigenvalue weighted by Gasteiger charge is -2.34. The number of rotatable bonds is 8. The molecule has 2 heterocycles. The predicted octanol–water partition coefficient (Wildman–Crippen LogP) is 1.32. The minimum atomic E-state index is -3.77. The molecule has 2 aromatic rings. The number of carbonyl (C=O) groups is 1. The van der Waals surface area contributed by atoms with Crippen molar-refractivity contribution in [1.82, 2.24) is 9.21 Å². The van der Waals surface area contributed by atoms with Crippen LogP contribution in [0.25, 0.3) is 0 Å². The number of nitrogens with zero attached hydrogens (tertiary/aromatic N) is 3. The molecular weight excluding hydrogens is 474 g/mol. The van der Waals surface area contributed by atoms with Gasteiger partial charge in [0.2, 0.25) is 10.0 Å². The summed E-state index contributed by atoms with van der Waals surface area (Å²) in [7, 11) is -0.853. The topological polar surface area (TPSA) is 138 Å². The highest BCUT2D eigenvalue weighted by Gasteiger charge is 2.36. The molecule has 0 aromatic heterocycles. The highest BCUT2D eigenvalue weighted by atomic mass is 32.2. The second kappa shape index (κ2) is 10.1. The van der Waals surface area contributed by atoms with Crippen molar-refractivity contribution in [1.29, 1.82) is 5.41 Å². The number of nitrogens with two attached hydrogens (primary N) is 1. The number of carbonyl (C=O) groups excluding carboxylic acids is 1. The molecule has 0 saturated carbocycles. The van der Waals surface area contributed by atoms with Gasteiger partial charge in [-0.25, -0.2) is 13.2 Å². The maximum absolute atomic E-state index is 13.3. The highest BCUT2D eigenvalue weighted by Crippen LogP contribution is 2.31. The minimum Gasteiger partial charge on any atom is -0.497 e. The summed E-state index contributed by atoms with van der Waals surface area (Å²) in [5.41, 5.74) is 6.74. The highest BCUT2D eigenvalue weighted by molar-refractivity contribution is 7.89. The number of nitrogens with one attached hydrogen (secondary N) is 1. The predicted molar refractivity (Wildman–Crippen MR) is 130 cm³/mol. The number of ether oxygens (including phenoxy) is 3. The van der Waals surface area contributed by atoms with Gasteiger partial charge in [-0.1, -0.05) is 0 Å². The first-order chi connectivity index (χ1) is 16.7. The van der Waals surface area contributed by atoms with Gasteiger partial charge in [0.05, 0.1) is 20.8 Å². The Balaban J connectivity index is 1.36. The molecule has 3 N–H and O–H groups in total. The molecule has 12 heteroatoms. The number of sulfonamides is 1. The van der Waals surface area contributed by atoms with Crippen LogP contribution in [0, 0.1) is 5.41 Å². The molecule has 0 spiro atoms. The first-order valence-corrected chi connectivity index (χ1v) is 12.5. The van der Waals surface area contributed by atoms with Crippen molar-refractivity contribution in [3.05, 3.63) is 48.0 Å². The molecule has 2 aromatic carbocycles. The van der Waals surface area contributed by atoms with Gasteiger partial charge in [0.25, 0.3) is 0 Å². The van der Waals surface area contributed by atoms with Crippen LogP contribution in [0.4, 0.5) is 10.5 Å². The maximum Gasteiger partial charge on any atom is 0.414 e. The molecule has 2 aliphatic heterocycles. The first kappa shape index (κ1) is 24.8. The number of hydrogen-bond donors (Lipinski definition) is 2. The van der Waals surface area contributed by atoms with E-state index in [9.17, 15) is 13.2 Å². The number of amidine groups is 1. The normalized spacial score (nSPS) is 19.4. The van der Waals surface area contributed by atoms with Crippen LogP contribution in [0.5, 0.6) is 11.5 Å². The van der Waals surface area contributed by atoms with E-state index < -0.39 is 16.1 Å². The molecule has 1 unspecified atom stereocenters. The zero-order valence-corrected chi connectivity index (χ0v) is 20.5. The van der Waals surface area contributed by atoms with Crippen LogP contribution in [0.2, 0.25) is 0 Å². The summed E-state index contributed by atoms with van der Waals surface area (Å²) >= 11 is 0. The van der Waals surface area contributed by atoms with E-state index in [1.165, 1.54) is 24.6 Å². The second-order valence-electron chi connectivity index (χ2n) is 8.30. The van der Waals surface area contributed by atoms with Crippen molar-refractivity contribution in [2.75, 3.05) is 58.4 Å². The van der Waals surface area contributed by atoms with E-state index in [-0.39, 0.29) is 22.6 Å². The van der Waals surface area contributed by atoms with Gasteiger partial charge >= 0.3 is 6.09 Å². The molecule has 1 amide bonds. The van der Waals surface area contributed by atoms with Gasteiger partial charge in [0.1, 0.15) is 28.3 Å². The van der Waals surface area contributed by atoms with Crippen molar-refractivity contribution < 1.29 is 27.4 Å². The number of piperazine rings is 1. The smallest absolute Gasteiger partial charge is 0.414 e. The van der Waals surface area contributed by atoms with E-state index in [0.717, 1.165) is 0 Å². The zero-order chi connectivity index (χ0) is 25.2. The van der Waals surface area contributed by atoms with Crippen molar-refractivity contribution >= 4 is 27.6 Å². The Labute approximate surface area is 204 Å². The van der Waals surface area contributed by atoms with Crippen LogP contribution in [0.3, 0.4) is 0 Å². The van der Waals surface area contributed by atoms with Crippen LogP contribution in [-0.4, -0.2) is 89.1 Å². The van der Waals surface area contributed by atoms with E-state index in [1.807, 2.05) is 0 Å². The van der Waals surface area contributed by atoms with Crippen molar-refractivity contribution in [2.45, 2.75) is 11.0 Å². The van der Waals surface area contributed by atoms with Crippen LogP contribution in [-0.2, 0) is 14.8 Å². The summed E-state index contributed by atoms with van der Waals surface area (Å²) in [6.07, 6.45) is -0.770. The van der Waals surface area contributed by atoms with Crippen LogP contribution in [0.15, 0.2) is 47.4 Å². The van der Waals surface area contributed by atoms with Crippen molar-refractivity contribution in [3.63, 3.8) is 0 Å². The van der Waals surface area contributed by atoms with Gasteiger partial charge < -0.3 is 19.9 Å². The Morgan fingerprint density at radius 1 is 1.09 bits per heavy atom. The molecule has 188 valence electrons. The van der Waals surface area contributed by atoms with Gasteiger partial charge in [-0.2, -0.15) is 4.31 Å². The molecule has 35 heavy (non-hydrogen) atoms. The molecule has 2 aliphatic rings. The number of methoxy groups -OCH3 is 2. The summed E-state index contributed by atoms with van der Waals surface area (Å²) in [6, 6.07) is 11.5. The number of anilines is 1. The fourth-order valence-corrected chi connectivity index (χ4v) is 5.81. The average Bonchev–Trinajstić information content (AvgIpc) is 3.23. The summed E-state index contributed by atoms with van der Waals surface area (Å²) in [5.74, 6) is 0.665. The van der Waals surface area contributed by atoms with Crippen LogP contribution in [0.1, 0.15) is 5.56 Å². The summed E-state index contributed by atoms with van der Waals surface area (Å²) in [6.45, 7) is 2.51. The van der Waals surface area contributed by atoms with E-state index >= 15 is 0 Å². The molecule has 0 radical (unpaired) electrons. The third-order valence-corrected chi connectivity index (χ3v) is 8.07. The summed E-state index contributed by atoms with van der Waals surface area (Å²) < 4.78 is 44.0. The lowest BCUT2D eigenvalue weighted by atomic mass is 10.2. The molecule has 0 aliphatic carbocycles. The van der Waals surface area contributed by atoms with Crippen molar-refractivity contribution in [2.24, 2.45) is 5.73 Å². The number of amides is 1. The Kier molecular flexibility index (Phi) is 7.15. The van der Waals surface area contributed by atoms with E-state index in [1.54, 1.807) is 41.3 Å². The van der Waals surface area contributed by atoms with E-state index in [0.29, 0.717) is 56.3 Å². The third-order valence-electron chi connectivity index (χ3n) is 6.15. The van der Waals surface area contributed by atoms with Gasteiger partial charge in [0, 0.05) is 50.0 Å². The quantitative estimate of drug-likeness (QED) is 0.406. The fourth-order valence-electron chi connectivity index (χ4n) is 4.21. The maximum atomic E-state index is 13.3. The Hall–Kier alpha value is -3.35. The lowest BCUT2D eigenvalue weighted by molar-refractivity contribution is 0.0937. The number of nitrogen functional groups attached to an aromatic ring is 1. The van der Waals surface area contributed by atoms with Gasteiger partial charge in [-0.3, -0.25) is 15.2 Å². The second-order valence-corrected chi connectivity index (χ2v) is 10.2. The van der Waals surface area contributed by atoms with Crippen LogP contribution < -0.4 is 20.1 Å². The lowest BCUT2D eigenvalue weighted by Crippen LogP contribution is -2.50. The minimum absolute atomic E-state index is 0.0376.